The molecule has 3 aromatic rings. The number of rotatable bonds is 7. The number of anilines is 1. The van der Waals surface area contributed by atoms with E-state index in [1.807, 2.05) is 24.3 Å². The van der Waals surface area contributed by atoms with Gasteiger partial charge in [0.2, 0.25) is 11.8 Å². The van der Waals surface area contributed by atoms with Crippen LogP contribution in [0.15, 0.2) is 57.8 Å². The number of nitrogens with zero attached hydrogens (tertiary/aromatic N) is 2. The summed E-state index contributed by atoms with van der Waals surface area (Å²) in [6.45, 7) is 0. The maximum atomic E-state index is 12.0. The number of hydrogen-bond donors (Lipinski definition) is 1. The molecule has 1 aromatic heterocycles. The molecular weight excluding hydrogens is 354 g/mol. The normalized spacial score (nSPS) is 10.4. The fourth-order valence-electron chi connectivity index (χ4n) is 2.10. The number of ether oxygens (including phenoxy) is 2. The quantitative estimate of drug-likeness (QED) is 0.636. The van der Waals surface area contributed by atoms with Gasteiger partial charge in [0, 0.05) is 10.5 Å². The van der Waals surface area contributed by atoms with Crippen molar-refractivity contribution in [1.29, 1.82) is 0 Å². The minimum atomic E-state index is -0.226. The first-order valence-electron chi connectivity index (χ1n) is 7.72. The molecule has 2 aromatic carbocycles. The number of benzene rings is 2. The molecule has 0 unspecified atom stereocenters. The molecular formula is C18H17N3O4S. The summed E-state index contributed by atoms with van der Waals surface area (Å²) in [7, 11) is 3.21. The third-order valence-electron chi connectivity index (χ3n) is 3.44. The van der Waals surface area contributed by atoms with E-state index in [1.54, 1.807) is 38.5 Å². The van der Waals surface area contributed by atoms with Crippen molar-refractivity contribution in [3.63, 3.8) is 0 Å². The molecule has 134 valence electrons. The summed E-state index contributed by atoms with van der Waals surface area (Å²) >= 11 is 1.40. The lowest BCUT2D eigenvalue weighted by Gasteiger charge is -2.03. The van der Waals surface area contributed by atoms with Gasteiger partial charge in [0.1, 0.15) is 11.5 Å². The lowest BCUT2D eigenvalue weighted by atomic mass is 10.2. The third-order valence-corrected chi connectivity index (χ3v) is 4.45. The van der Waals surface area contributed by atoms with E-state index in [4.69, 9.17) is 13.9 Å². The van der Waals surface area contributed by atoms with Crippen LogP contribution in [0, 0.1) is 0 Å². The Labute approximate surface area is 154 Å². The molecule has 0 aliphatic heterocycles. The molecule has 0 atom stereocenters. The van der Waals surface area contributed by atoms with E-state index in [2.05, 4.69) is 15.5 Å². The Bertz CT molecular complexity index is 863. The lowest BCUT2D eigenvalue weighted by molar-refractivity contribution is -0.113. The average Bonchev–Trinajstić information content (AvgIpc) is 3.15. The number of methoxy groups -OCH3 is 2. The molecule has 0 saturated heterocycles. The second-order valence-corrected chi connectivity index (χ2v) is 6.20. The van der Waals surface area contributed by atoms with Crippen molar-refractivity contribution in [3.05, 3.63) is 48.5 Å². The highest BCUT2D eigenvalue weighted by Crippen LogP contribution is 2.24. The number of carbonyl (C=O) groups excluding carboxylic acids is 1. The van der Waals surface area contributed by atoms with Gasteiger partial charge in [-0.15, -0.1) is 16.9 Å². The van der Waals surface area contributed by atoms with E-state index in [9.17, 15) is 4.79 Å². The van der Waals surface area contributed by atoms with Crippen LogP contribution in [0.2, 0.25) is 0 Å². The summed E-state index contributed by atoms with van der Waals surface area (Å²) in [5.74, 6) is 1.83. The van der Waals surface area contributed by atoms with Crippen molar-refractivity contribution in [2.75, 3.05) is 25.3 Å². The Morgan fingerprint density at radius 1 is 1.00 bits per heavy atom. The van der Waals surface area contributed by atoms with Crippen molar-refractivity contribution < 1.29 is 18.7 Å². The number of hydrogen-bond acceptors (Lipinski definition) is 7. The van der Waals surface area contributed by atoms with Crippen LogP contribution in [-0.4, -0.2) is 36.1 Å². The molecule has 8 heteroatoms. The van der Waals surface area contributed by atoms with Crippen molar-refractivity contribution >= 4 is 23.7 Å². The predicted molar refractivity (Wildman–Crippen MR) is 98.6 cm³/mol. The molecule has 0 radical (unpaired) electrons. The molecule has 1 N–H and O–H groups in total. The second kappa shape index (κ2) is 8.39. The van der Waals surface area contributed by atoms with E-state index in [-0.39, 0.29) is 17.7 Å². The van der Waals surface area contributed by atoms with Gasteiger partial charge >= 0.3 is 6.01 Å². The lowest BCUT2D eigenvalue weighted by Crippen LogP contribution is -2.14. The van der Waals surface area contributed by atoms with Gasteiger partial charge in [-0.2, -0.15) is 0 Å². The van der Waals surface area contributed by atoms with E-state index in [0.717, 1.165) is 22.0 Å². The number of thioether (sulfide) groups is 1. The van der Waals surface area contributed by atoms with E-state index >= 15 is 0 Å². The maximum absolute atomic E-state index is 12.0. The Balaban J connectivity index is 1.55. The first-order chi connectivity index (χ1) is 12.7. The number of nitrogens with one attached hydrogen (secondary N) is 1. The van der Waals surface area contributed by atoms with Gasteiger partial charge < -0.3 is 13.9 Å². The number of amides is 1. The van der Waals surface area contributed by atoms with Gasteiger partial charge in [-0.05, 0) is 48.5 Å². The molecule has 1 amide bonds. The van der Waals surface area contributed by atoms with Crippen LogP contribution >= 0.6 is 11.8 Å². The van der Waals surface area contributed by atoms with Gasteiger partial charge in [-0.3, -0.25) is 10.1 Å². The molecule has 0 fully saturated rings. The van der Waals surface area contributed by atoms with Crippen LogP contribution in [-0.2, 0) is 4.79 Å². The zero-order valence-electron chi connectivity index (χ0n) is 14.3. The third kappa shape index (κ3) is 4.54. The molecule has 0 aliphatic rings. The van der Waals surface area contributed by atoms with Crippen molar-refractivity contribution in [2.24, 2.45) is 0 Å². The van der Waals surface area contributed by atoms with Crippen molar-refractivity contribution in [2.45, 2.75) is 4.90 Å². The van der Waals surface area contributed by atoms with Gasteiger partial charge in [0.25, 0.3) is 0 Å². The van der Waals surface area contributed by atoms with Crippen LogP contribution in [0.5, 0.6) is 11.5 Å². The monoisotopic (exact) mass is 371 g/mol. The largest absolute Gasteiger partial charge is 0.497 e. The highest BCUT2D eigenvalue weighted by atomic mass is 32.2. The highest BCUT2D eigenvalue weighted by molar-refractivity contribution is 8.00. The summed E-state index contributed by atoms with van der Waals surface area (Å²) < 4.78 is 15.7. The van der Waals surface area contributed by atoms with Crippen molar-refractivity contribution in [1.82, 2.24) is 10.2 Å². The van der Waals surface area contributed by atoms with Crippen LogP contribution in [0.3, 0.4) is 0 Å². The first-order valence-corrected chi connectivity index (χ1v) is 8.71. The standard InChI is InChI=1S/C18H17N3O4S/c1-23-13-5-3-12(4-6-13)17-20-21-18(25-17)19-16(22)11-26-15-9-7-14(24-2)8-10-15/h3-10H,11H2,1-2H3,(H,19,21,22). The van der Waals surface area contributed by atoms with Gasteiger partial charge in [-0.25, -0.2) is 0 Å². The topological polar surface area (TPSA) is 86.5 Å². The summed E-state index contributed by atoms with van der Waals surface area (Å²) in [5.41, 5.74) is 0.742. The molecule has 26 heavy (non-hydrogen) atoms. The van der Waals surface area contributed by atoms with Gasteiger partial charge in [0.05, 0.1) is 20.0 Å². The molecule has 1 heterocycles. The number of aromatic nitrogens is 2. The van der Waals surface area contributed by atoms with Gasteiger partial charge in [0.15, 0.2) is 0 Å². The minimum absolute atomic E-state index is 0.0659. The number of carbonyl (C=O) groups is 1. The fourth-order valence-corrected chi connectivity index (χ4v) is 2.80. The van der Waals surface area contributed by atoms with E-state index in [1.165, 1.54) is 11.8 Å². The maximum Gasteiger partial charge on any atom is 0.322 e. The zero-order valence-corrected chi connectivity index (χ0v) is 15.1. The Morgan fingerprint density at radius 2 is 1.62 bits per heavy atom. The smallest absolute Gasteiger partial charge is 0.322 e. The summed E-state index contributed by atoms with van der Waals surface area (Å²) in [6, 6.07) is 14.7. The van der Waals surface area contributed by atoms with Crippen LogP contribution in [0.4, 0.5) is 6.01 Å². The Kier molecular flexibility index (Phi) is 5.75. The molecule has 3 rings (SSSR count). The molecule has 0 spiro atoms. The molecule has 0 saturated carbocycles. The molecule has 7 nitrogen and oxygen atoms in total. The SMILES string of the molecule is COc1ccc(SCC(=O)Nc2nnc(-c3ccc(OC)cc3)o2)cc1. The van der Waals surface area contributed by atoms with Crippen LogP contribution < -0.4 is 14.8 Å². The summed E-state index contributed by atoms with van der Waals surface area (Å²) in [4.78, 5) is 13.0. The molecule has 0 bridgehead atoms. The second-order valence-electron chi connectivity index (χ2n) is 5.15. The average molecular weight is 371 g/mol. The molecule has 0 aliphatic carbocycles. The van der Waals surface area contributed by atoms with E-state index in [0.29, 0.717) is 5.89 Å². The van der Waals surface area contributed by atoms with Crippen LogP contribution in [0.25, 0.3) is 11.5 Å². The minimum Gasteiger partial charge on any atom is -0.497 e. The summed E-state index contributed by atoms with van der Waals surface area (Å²) in [5, 5.41) is 10.4. The van der Waals surface area contributed by atoms with Crippen LogP contribution in [0.1, 0.15) is 0 Å². The Morgan fingerprint density at radius 3 is 2.23 bits per heavy atom. The van der Waals surface area contributed by atoms with E-state index < -0.39 is 0 Å². The first kappa shape index (κ1) is 17.8. The van der Waals surface area contributed by atoms with Crippen molar-refractivity contribution in [3.8, 4) is 23.0 Å². The van der Waals surface area contributed by atoms with Gasteiger partial charge in [-0.1, -0.05) is 5.10 Å². The summed E-state index contributed by atoms with van der Waals surface area (Å²) in [6.07, 6.45) is 0. The fraction of sp³-hybridized carbons (Fsp3) is 0.167. The zero-order chi connectivity index (χ0) is 18.4. The Hall–Kier alpha value is -3.00. The predicted octanol–water partition coefficient (Wildman–Crippen LogP) is 3.48. The highest BCUT2D eigenvalue weighted by Gasteiger charge is 2.12.